The Balaban J connectivity index is 1.61. The number of amides is 1. The lowest BCUT2D eigenvalue weighted by molar-refractivity contribution is -0.145. The maximum atomic E-state index is 14.0. The predicted octanol–water partition coefficient (Wildman–Crippen LogP) is 3.75. The minimum atomic E-state index is -4.82. The van der Waals surface area contributed by atoms with Gasteiger partial charge in [-0.25, -0.2) is 27.2 Å². The van der Waals surface area contributed by atoms with Gasteiger partial charge < -0.3 is 10.6 Å². The monoisotopic (exact) mass is 501 g/mol. The van der Waals surface area contributed by atoms with Crippen molar-refractivity contribution in [2.24, 2.45) is 5.73 Å². The van der Waals surface area contributed by atoms with E-state index in [9.17, 15) is 35.5 Å². The molecule has 2 heterocycles. The standard InChI is InChI=1S/C22H18F7N5O/c23-13-3-1-11(2-4-13)19-20-31-21(22(27,28)29)32-34(20)6-5-33(19)18(35)9-14(30)7-12-8-16(25)17(26)10-15(12)24/h1-4,8,10,14,19H,5-7,9,30H2/t14-,19?/m1/s1. The second kappa shape index (κ2) is 9.29. The molecule has 0 bridgehead atoms. The van der Waals surface area contributed by atoms with Gasteiger partial charge in [-0.3, -0.25) is 4.79 Å². The largest absolute Gasteiger partial charge is 0.453 e. The van der Waals surface area contributed by atoms with Gasteiger partial charge in [-0.1, -0.05) is 12.1 Å². The summed E-state index contributed by atoms with van der Waals surface area (Å²) in [5.41, 5.74) is 6.03. The van der Waals surface area contributed by atoms with Gasteiger partial charge in [0.1, 0.15) is 17.7 Å². The van der Waals surface area contributed by atoms with Crippen molar-refractivity contribution < 1.29 is 35.5 Å². The maximum absolute atomic E-state index is 14.0. The number of aromatic nitrogens is 3. The highest BCUT2D eigenvalue weighted by Crippen LogP contribution is 2.35. The number of rotatable bonds is 5. The number of hydrogen-bond acceptors (Lipinski definition) is 4. The van der Waals surface area contributed by atoms with Crippen LogP contribution in [0.1, 0.15) is 35.2 Å². The van der Waals surface area contributed by atoms with Gasteiger partial charge in [0.2, 0.25) is 5.91 Å². The molecular weight excluding hydrogens is 483 g/mol. The molecule has 0 aliphatic carbocycles. The van der Waals surface area contributed by atoms with Gasteiger partial charge in [0, 0.05) is 25.1 Å². The number of benzene rings is 2. The molecule has 1 aliphatic rings. The van der Waals surface area contributed by atoms with Crippen molar-refractivity contribution in [2.75, 3.05) is 6.54 Å². The Kier molecular flexibility index (Phi) is 6.54. The molecule has 13 heteroatoms. The van der Waals surface area contributed by atoms with E-state index < -0.39 is 53.3 Å². The van der Waals surface area contributed by atoms with Crippen molar-refractivity contribution in [1.29, 1.82) is 0 Å². The summed E-state index contributed by atoms with van der Waals surface area (Å²) in [6.07, 6.45) is -5.49. The molecule has 4 rings (SSSR count). The molecule has 0 radical (unpaired) electrons. The maximum Gasteiger partial charge on any atom is 0.453 e. The third-order valence-corrected chi connectivity index (χ3v) is 5.58. The Labute approximate surface area is 194 Å². The fraction of sp³-hybridized carbons (Fsp3) is 0.318. The highest BCUT2D eigenvalue weighted by Gasteiger charge is 2.41. The Morgan fingerprint density at radius 2 is 1.69 bits per heavy atom. The second-order valence-electron chi connectivity index (χ2n) is 8.08. The fourth-order valence-corrected chi connectivity index (χ4v) is 3.97. The van der Waals surface area contributed by atoms with Gasteiger partial charge in [0.25, 0.3) is 5.82 Å². The predicted molar refractivity (Wildman–Crippen MR) is 108 cm³/mol. The highest BCUT2D eigenvalue weighted by atomic mass is 19.4. The summed E-state index contributed by atoms with van der Waals surface area (Å²) in [7, 11) is 0. The van der Waals surface area contributed by atoms with E-state index in [-0.39, 0.29) is 37.3 Å². The molecule has 2 N–H and O–H groups in total. The molecule has 0 fully saturated rings. The van der Waals surface area contributed by atoms with Crippen LogP contribution in [0.4, 0.5) is 30.7 Å². The summed E-state index contributed by atoms with van der Waals surface area (Å²) >= 11 is 0. The minimum Gasteiger partial charge on any atom is -0.327 e. The smallest absolute Gasteiger partial charge is 0.327 e. The molecular formula is C22H18F7N5O. The van der Waals surface area contributed by atoms with Gasteiger partial charge >= 0.3 is 6.18 Å². The normalized spacial score (nSPS) is 16.8. The minimum absolute atomic E-state index is 0.0548. The third kappa shape index (κ3) is 5.14. The summed E-state index contributed by atoms with van der Waals surface area (Å²) in [6.45, 7) is -0.143. The van der Waals surface area contributed by atoms with Crippen molar-refractivity contribution >= 4 is 5.91 Å². The number of hydrogen-bond donors (Lipinski definition) is 1. The Hall–Kier alpha value is -3.48. The molecule has 1 aromatic heterocycles. The number of halogens is 7. The van der Waals surface area contributed by atoms with Crippen molar-refractivity contribution in [3.63, 3.8) is 0 Å². The lowest BCUT2D eigenvalue weighted by Gasteiger charge is -2.36. The van der Waals surface area contributed by atoms with Crippen LogP contribution in [0.3, 0.4) is 0 Å². The van der Waals surface area contributed by atoms with Gasteiger partial charge in [-0.15, -0.1) is 5.10 Å². The zero-order chi connectivity index (χ0) is 25.5. The van der Waals surface area contributed by atoms with Crippen LogP contribution in [0.5, 0.6) is 0 Å². The zero-order valence-electron chi connectivity index (χ0n) is 17.9. The number of nitrogens with two attached hydrogens (primary N) is 1. The SMILES string of the molecule is N[C@@H](CC(=O)N1CCn2nc(C(F)(F)F)nc2C1c1ccc(F)cc1)Cc1cc(F)c(F)cc1F. The molecule has 6 nitrogen and oxygen atoms in total. The van der Waals surface area contributed by atoms with Crippen LogP contribution in [0.2, 0.25) is 0 Å². The second-order valence-corrected chi connectivity index (χ2v) is 8.08. The first-order chi connectivity index (χ1) is 16.4. The van der Waals surface area contributed by atoms with E-state index in [4.69, 9.17) is 5.73 Å². The third-order valence-electron chi connectivity index (χ3n) is 5.58. The average molecular weight is 501 g/mol. The van der Waals surface area contributed by atoms with Crippen LogP contribution in [-0.2, 0) is 23.9 Å². The average Bonchev–Trinajstić information content (AvgIpc) is 3.22. The number of alkyl halides is 3. The molecule has 0 spiro atoms. The van der Waals surface area contributed by atoms with E-state index in [0.717, 1.165) is 16.8 Å². The number of carbonyl (C=O) groups is 1. The zero-order valence-corrected chi connectivity index (χ0v) is 17.9. The summed E-state index contributed by atoms with van der Waals surface area (Å²) in [4.78, 5) is 18.0. The van der Waals surface area contributed by atoms with Crippen LogP contribution in [0, 0.1) is 23.3 Å². The highest BCUT2D eigenvalue weighted by molar-refractivity contribution is 5.78. The molecule has 35 heavy (non-hydrogen) atoms. The van der Waals surface area contributed by atoms with Crippen LogP contribution >= 0.6 is 0 Å². The number of nitrogens with zero attached hydrogens (tertiary/aromatic N) is 4. The van der Waals surface area contributed by atoms with E-state index in [2.05, 4.69) is 10.1 Å². The van der Waals surface area contributed by atoms with Crippen molar-refractivity contribution in [3.8, 4) is 0 Å². The van der Waals surface area contributed by atoms with E-state index >= 15 is 0 Å². The first-order valence-corrected chi connectivity index (χ1v) is 10.4. The van der Waals surface area contributed by atoms with Gasteiger partial charge in [0.05, 0.1) is 6.54 Å². The first kappa shape index (κ1) is 24.6. The number of carbonyl (C=O) groups excluding carboxylic acids is 1. The topological polar surface area (TPSA) is 77.0 Å². The van der Waals surface area contributed by atoms with Crippen LogP contribution < -0.4 is 5.73 Å². The van der Waals surface area contributed by atoms with Gasteiger partial charge in [-0.05, 0) is 35.7 Å². The number of fused-ring (bicyclic) bond motifs is 1. The first-order valence-electron chi connectivity index (χ1n) is 10.4. The summed E-state index contributed by atoms with van der Waals surface area (Å²) in [5, 5.41) is 3.49. The molecule has 1 unspecified atom stereocenters. The van der Waals surface area contributed by atoms with Crippen LogP contribution in [-0.4, -0.2) is 38.2 Å². The van der Waals surface area contributed by atoms with E-state index in [1.807, 2.05) is 0 Å². The van der Waals surface area contributed by atoms with Gasteiger partial charge in [-0.2, -0.15) is 13.2 Å². The summed E-state index contributed by atoms with van der Waals surface area (Å²) < 4.78 is 94.7. The molecule has 1 aliphatic heterocycles. The van der Waals surface area contributed by atoms with Crippen molar-refractivity contribution in [2.45, 2.75) is 37.6 Å². The Morgan fingerprint density at radius 1 is 1.03 bits per heavy atom. The molecule has 0 saturated heterocycles. The lowest BCUT2D eigenvalue weighted by atomic mass is 9.99. The molecule has 2 aromatic carbocycles. The van der Waals surface area contributed by atoms with Crippen LogP contribution in [0.15, 0.2) is 36.4 Å². The van der Waals surface area contributed by atoms with Crippen molar-refractivity contribution in [3.05, 3.63) is 82.4 Å². The Morgan fingerprint density at radius 3 is 2.34 bits per heavy atom. The lowest BCUT2D eigenvalue weighted by Crippen LogP contribution is -2.45. The van der Waals surface area contributed by atoms with E-state index in [0.29, 0.717) is 17.7 Å². The van der Waals surface area contributed by atoms with E-state index in [1.54, 1.807) is 0 Å². The quantitative estimate of drug-likeness (QED) is 0.427. The Bertz CT molecular complexity index is 1240. The van der Waals surface area contributed by atoms with E-state index in [1.165, 1.54) is 17.0 Å². The van der Waals surface area contributed by atoms with Crippen LogP contribution in [0.25, 0.3) is 0 Å². The molecule has 3 aromatic rings. The molecule has 186 valence electrons. The molecule has 2 atom stereocenters. The van der Waals surface area contributed by atoms with Gasteiger partial charge in [0.15, 0.2) is 17.5 Å². The fourth-order valence-electron chi connectivity index (χ4n) is 3.97. The molecule has 0 saturated carbocycles. The van der Waals surface area contributed by atoms with Crippen molar-refractivity contribution in [1.82, 2.24) is 19.7 Å². The molecule has 1 amide bonds. The summed E-state index contributed by atoms with van der Waals surface area (Å²) in [6, 6.07) is 3.71. The summed E-state index contributed by atoms with van der Waals surface area (Å²) in [5.74, 6) is -6.39.